The highest BCUT2D eigenvalue weighted by Crippen LogP contribution is 2.47. The molecule has 26 heavy (non-hydrogen) atoms. The molecule has 2 aliphatic rings. The molecule has 3 rings (SSSR count). The highest BCUT2D eigenvalue weighted by atomic mass is 32.2. The Bertz CT molecular complexity index is 754. The number of nitrogens with zero attached hydrogens (tertiary/aromatic N) is 4. The standard InChI is InChI=1S/C17H29N5O3S/c1-4-18-16(19-12-17(5-6-17)13-26(3,23)24)22-7-8-25-15(11-22)14-9-20-21(2)10-14/h9-10,15H,4-8,11-13H2,1-3H3,(H,18,19). The van der Waals surface area contributed by atoms with Gasteiger partial charge < -0.3 is 15.0 Å². The van der Waals surface area contributed by atoms with Crippen LogP contribution in [-0.2, 0) is 21.6 Å². The number of morpholine rings is 1. The second kappa shape index (κ2) is 7.56. The van der Waals surface area contributed by atoms with E-state index in [9.17, 15) is 8.42 Å². The summed E-state index contributed by atoms with van der Waals surface area (Å²) in [5.41, 5.74) is 0.896. The molecule has 1 unspecified atom stereocenters. The number of guanidine groups is 1. The first kappa shape index (κ1) is 19.2. The average Bonchev–Trinajstić information content (AvgIpc) is 3.18. The van der Waals surface area contributed by atoms with Crippen LogP contribution in [0.1, 0.15) is 31.4 Å². The Kier molecular flexibility index (Phi) is 5.57. The van der Waals surface area contributed by atoms with E-state index >= 15 is 0 Å². The van der Waals surface area contributed by atoms with Crippen LogP contribution in [0, 0.1) is 5.41 Å². The van der Waals surface area contributed by atoms with Gasteiger partial charge in [-0.2, -0.15) is 5.10 Å². The van der Waals surface area contributed by atoms with E-state index in [-0.39, 0.29) is 17.3 Å². The van der Waals surface area contributed by atoms with Crippen molar-refractivity contribution in [2.45, 2.75) is 25.9 Å². The maximum atomic E-state index is 11.7. The van der Waals surface area contributed by atoms with Crippen LogP contribution < -0.4 is 5.32 Å². The molecule has 146 valence electrons. The molecule has 2 heterocycles. The minimum atomic E-state index is -2.98. The fourth-order valence-corrected chi connectivity index (χ4v) is 4.89. The third-order valence-corrected chi connectivity index (χ3v) is 6.02. The molecule has 1 N–H and O–H groups in total. The Morgan fingerprint density at radius 1 is 1.50 bits per heavy atom. The number of hydrogen-bond donors (Lipinski definition) is 1. The van der Waals surface area contributed by atoms with E-state index in [1.807, 2.05) is 26.4 Å². The van der Waals surface area contributed by atoms with E-state index in [0.717, 1.165) is 37.5 Å². The van der Waals surface area contributed by atoms with Crippen molar-refractivity contribution in [3.05, 3.63) is 18.0 Å². The summed E-state index contributed by atoms with van der Waals surface area (Å²) in [5.74, 6) is 1.06. The summed E-state index contributed by atoms with van der Waals surface area (Å²) in [4.78, 5) is 6.98. The monoisotopic (exact) mass is 383 g/mol. The van der Waals surface area contributed by atoms with Crippen LogP contribution in [0.25, 0.3) is 0 Å². The first-order chi connectivity index (χ1) is 12.3. The first-order valence-corrected chi connectivity index (χ1v) is 11.2. The van der Waals surface area contributed by atoms with Crippen molar-refractivity contribution in [1.29, 1.82) is 0 Å². The lowest BCUT2D eigenvalue weighted by molar-refractivity contribution is -0.00806. The van der Waals surface area contributed by atoms with Crippen LogP contribution in [0.4, 0.5) is 0 Å². The molecule has 1 atom stereocenters. The van der Waals surface area contributed by atoms with Gasteiger partial charge in [0.2, 0.25) is 0 Å². The van der Waals surface area contributed by atoms with Crippen molar-refractivity contribution in [3.8, 4) is 0 Å². The maximum Gasteiger partial charge on any atom is 0.194 e. The Balaban J connectivity index is 1.68. The normalized spacial score (nSPS) is 23.1. The predicted molar refractivity (Wildman–Crippen MR) is 101 cm³/mol. The van der Waals surface area contributed by atoms with Crippen molar-refractivity contribution in [2.75, 3.05) is 44.8 Å². The van der Waals surface area contributed by atoms with E-state index in [0.29, 0.717) is 19.7 Å². The summed E-state index contributed by atoms with van der Waals surface area (Å²) < 4.78 is 31.0. The summed E-state index contributed by atoms with van der Waals surface area (Å²) >= 11 is 0. The number of sulfone groups is 1. The molecule has 1 saturated carbocycles. The summed E-state index contributed by atoms with van der Waals surface area (Å²) in [6, 6.07) is 0. The van der Waals surface area contributed by atoms with Crippen molar-refractivity contribution in [1.82, 2.24) is 20.0 Å². The number of nitrogens with one attached hydrogen (secondary N) is 1. The number of aromatic nitrogens is 2. The van der Waals surface area contributed by atoms with Gasteiger partial charge in [0.15, 0.2) is 5.96 Å². The van der Waals surface area contributed by atoms with Crippen molar-refractivity contribution < 1.29 is 13.2 Å². The zero-order valence-electron chi connectivity index (χ0n) is 15.8. The van der Waals surface area contributed by atoms with Gasteiger partial charge in [-0.3, -0.25) is 9.67 Å². The number of hydrogen-bond acceptors (Lipinski definition) is 5. The first-order valence-electron chi connectivity index (χ1n) is 9.11. The van der Waals surface area contributed by atoms with Gasteiger partial charge in [-0.15, -0.1) is 0 Å². The van der Waals surface area contributed by atoms with Crippen LogP contribution in [0.5, 0.6) is 0 Å². The highest BCUT2D eigenvalue weighted by Gasteiger charge is 2.45. The molecular formula is C17H29N5O3S. The van der Waals surface area contributed by atoms with Gasteiger partial charge in [0.05, 0.1) is 25.1 Å². The lowest BCUT2D eigenvalue weighted by Gasteiger charge is -2.35. The maximum absolute atomic E-state index is 11.7. The van der Waals surface area contributed by atoms with E-state index < -0.39 is 9.84 Å². The van der Waals surface area contributed by atoms with Crippen LogP contribution in [0.15, 0.2) is 17.4 Å². The van der Waals surface area contributed by atoms with Crippen LogP contribution in [0.3, 0.4) is 0 Å². The number of aliphatic imine (C=N–C) groups is 1. The van der Waals surface area contributed by atoms with Crippen molar-refractivity contribution in [3.63, 3.8) is 0 Å². The molecule has 1 aromatic heterocycles. The second-order valence-corrected chi connectivity index (χ2v) is 9.63. The van der Waals surface area contributed by atoms with Gasteiger partial charge >= 0.3 is 0 Å². The number of ether oxygens (including phenoxy) is 1. The third-order valence-electron chi connectivity index (χ3n) is 4.89. The van der Waals surface area contributed by atoms with Gasteiger partial charge in [0.25, 0.3) is 0 Å². The molecule has 1 aromatic rings. The van der Waals surface area contributed by atoms with Gasteiger partial charge in [-0.25, -0.2) is 8.42 Å². The molecule has 8 nitrogen and oxygen atoms in total. The predicted octanol–water partition coefficient (Wildman–Crippen LogP) is 0.584. The molecule has 2 fully saturated rings. The van der Waals surface area contributed by atoms with E-state index in [2.05, 4.69) is 15.3 Å². The fraction of sp³-hybridized carbons (Fsp3) is 0.765. The van der Waals surface area contributed by atoms with Crippen molar-refractivity contribution in [2.24, 2.45) is 17.5 Å². The average molecular weight is 384 g/mol. The number of rotatable bonds is 6. The van der Waals surface area contributed by atoms with E-state index in [1.54, 1.807) is 4.68 Å². The molecule has 9 heteroatoms. The highest BCUT2D eigenvalue weighted by molar-refractivity contribution is 7.90. The summed E-state index contributed by atoms with van der Waals surface area (Å²) in [6.45, 7) is 5.46. The Morgan fingerprint density at radius 3 is 2.85 bits per heavy atom. The molecule has 1 saturated heterocycles. The molecule has 0 spiro atoms. The largest absolute Gasteiger partial charge is 0.370 e. The molecule has 0 radical (unpaired) electrons. The molecule has 1 aliphatic heterocycles. The van der Waals surface area contributed by atoms with E-state index in [4.69, 9.17) is 9.73 Å². The summed E-state index contributed by atoms with van der Waals surface area (Å²) in [6.07, 6.45) is 6.96. The molecule has 0 amide bonds. The SMILES string of the molecule is CCNC(=NCC1(CS(C)(=O)=O)CC1)N1CCOC(c2cnn(C)c2)C1. The third kappa shape index (κ3) is 4.97. The van der Waals surface area contributed by atoms with Gasteiger partial charge in [-0.1, -0.05) is 0 Å². The van der Waals surface area contributed by atoms with Crippen LogP contribution in [-0.4, -0.2) is 73.9 Å². The lowest BCUT2D eigenvalue weighted by Crippen LogP contribution is -2.48. The van der Waals surface area contributed by atoms with E-state index in [1.165, 1.54) is 6.26 Å². The smallest absolute Gasteiger partial charge is 0.194 e. The topological polar surface area (TPSA) is 88.8 Å². The Morgan fingerprint density at radius 2 is 2.27 bits per heavy atom. The van der Waals surface area contributed by atoms with Crippen molar-refractivity contribution >= 4 is 15.8 Å². The Labute approximate surface area is 155 Å². The van der Waals surface area contributed by atoms with Gasteiger partial charge in [0.1, 0.15) is 15.9 Å². The summed E-state index contributed by atoms with van der Waals surface area (Å²) in [5, 5.41) is 7.57. The lowest BCUT2D eigenvalue weighted by atomic mass is 10.1. The molecule has 0 aromatic carbocycles. The summed E-state index contributed by atoms with van der Waals surface area (Å²) in [7, 11) is -1.08. The van der Waals surface area contributed by atoms with Gasteiger partial charge in [-0.05, 0) is 19.8 Å². The second-order valence-electron chi connectivity index (χ2n) is 7.49. The van der Waals surface area contributed by atoms with Crippen LogP contribution in [0.2, 0.25) is 0 Å². The molecular weight excluding hydrogens is 354 g/mol. The van der Waals surface area contributed by atoms with Gasteiger partial charge in [0, 0.05) is 50.1 Å². The Hall–Kier alpha value is -1.61. The quantitative estimate of drug-likeness (QED) is 0.571. The minimum absolute atomic E-state index is 0.0350. The van der Waals surface area contributed by atoms with Crippen LogP contribution >= 0.6 is 0 Å². The fourth-order valence-electron chi connectivity index (χ4n) is 3.40. The zero-order valence-corrected chi connectivity index (χ0v) is 16.6. The number of aryl methyl sites for hydroxylation is 1. The zero-order chi connectivity index (χ0) is 18.8. The minimum Gasteiger partial charge on any atom is -0.370 e. The molecule has 1 aliphatic carbocycles. The molecule has 0 bridgehead atoms.